The molecule has 0 aliphatic carbocycles. The molecule has 6 atom stereocenters. The molecule has 1 spiro atoms. The number of allylic oxidation sites excluding steroid dienone is 1. The monoisotopic (exact) mass is 554 g/mol. The zero-order valence-electron chi connectivity index (χ0n) is 23.7. The van der Waals surface area contributed by atoms with Crippen LogP contribution in [0.5, 0.6) is 0 Å². The van der Waals surface area contributed by atoms with Crippen LogP contribution in [0.4, 0.5) is 5.69 Å². The number of rotatable bonds is 12. The molecule has 2 unspecified atom stereocenters. The highest BCUT2D eigenvalue weighted by molar-refractivity contribution is 8.02. The molecule has 3 aliphatic heterocycles. The van der Waals surface area contributed by atoms with Crippen molar-refractivity contribution in [3.05, 3.63) is 54.6 Å². The summed E-state index contributed by atoms with van der Waals surface area (Å²) in [4.78, 5) is 46.0. The molecule has 1 aromatic rings. The molecule has 0 aromatic heterocycles. The molecule has 212 valence electrons. The second-order valence-electron chi connectivity index (χ2n) is 11.3. The second-order valence-corrected chi connectivity index (χ2v) is 13.2. The van der Waals surface area contributed by atoms with Crippen LogP contribution in [0.1, 0.15) is 57.1 Å². The van der Waals surface area contributed by atoms with Crippen LogP contribution in [0, 0.1) is 25.7 Å². The molecule has 0 radical (unpaired) electrons. The zero-order valence-corrected chi connectivity index (χ0v) is 24.5. The predicted octanol–water partition coefficient (Wildman–Crippen LogP) is 4.58. The summed E-state index contributed by atoms with van der Waals surface area (Å²) in [5.41, 5.74) is 2.73. The van der Waals surface area contributed by atoms with Crippen molar-refractivity contribution in [2.75, 3.05) is 24.7 Å². The first-order valence-corrected chi connectivity index (χ1v) is 14.8. The second kappa shape index (κ2) is 11.5. The number of amides is 2. The number of unbranched alkanes of at least 4 members (excludes halogenated alkanes) is 1. The molecule has 7 nitrogen and oxygen atoms in total. The van der Waals surface area contributed by atoms with Gasteiger partial charge in [0.1, 0.15) is 6.04 Å². The summed E-state index contributed by atoms with van der Waals surface area (Å²) in [6.45, 7) is 15.8. The smallest absolute Gasteiger partial charge is 0.311 e. The first kappa shape index (κ1) is 29.4. The van der Waals surface area contributed by atoms with Gasteiger partial charge >= 0.3 is 5.97 Å². The van der Waals surface area contributed by atoms with Crippen molar-refractivity contribution in [2.24, 2.45) is 11.8 Å². The lowest BCUT2D eigenvalue weighted by molar-refractivity contribution is -0.156. The molecular formula is C31H42N2O5S. The number of benzene rings is 1. The minimum absolute atomic E-state index is 0.188. The number of hydrogen-bond donors (Lipinski definition) is 1. The van der Waals surface area contributed by atoms with Crippen LogP contribution < -0.4 is 4.90 Å². The Morgan fingerprint density at radius 3 is 2.54 bits per heavy atom. The zero-order chi connectivity index (χ0) is 28.5. The highest BCUT2D eigenvalue weighted by Gasteiger charge is 2.78. The first-order valence-electron chi connectivity index (χ1n) is 14.0. The Kier molecular flexibility index (Phi) is 8.67. The molecule has 3 fully saturated rings. The lowest BCUT2D eigenvalue weighted by Crippen LogP contribution is -2.57. The van der Waals surface area contributed by atoms with E-state index < -0.39 is 33.4 Å². The number of anilines is 1. The van der Waals surface area contributed by atoms with Crippen molar-refractivity contribution >= 4 is 35.2 Å². The molecule has 0 saturated carbocycles. The maximum Gasteiger partial charge on any atom is 0.311 e. The van der Waals surface area contributed by atoms with E-state index in [4.69, 9.17) is 4.74 Å². The first-order chi connectivity index (χ1) is 18.6. The average Bonchev–Trinajstić information content (AvgIpc) is 3.47. The van der Waals surface area contributed by atoms with Gasteiger partial charge in [-0.25, -0.2) is 0 Å². The van der Waals surface area contributed by atoms with Crippen molar-refractivity contribution in [2.45, 2.75) is 81.4 Å². The van der Waals surface area contributed by atoms with E-state index in [-0.39, 0.29) is 37.5 Å². The van der Waals surface area contributed by atoms with E-state index in [0.717, 1.165) is 23.2 Å². The Morgan fingerprint density at radius 1 is 1.26 bits per heavy atom. The number of para-hydroxylation sites is 1. The van der Waals surface area contributed by atoms with Crippen LogP contribution in [0.15, 0.2) is 43.5 Å². The Hall–Kier alpha value is -2.58. The molecule has 8 heteroatoms. The van der Waals surface area contributed by atoms with Crippen molar-refractivity contribution in [3.8, 4) is 0 Å². The van der Waals surface area contributed by atoms with Gasteiger partial charge in [0.25, 0.3) is 5.91 Å². The Bertz CT molecular complexity index is 1130. The SMILES string of the molecule is C=CCCCOC(=O)[C@H]1[C@H]2C(=O)N([C@@H](CC)CO)C(C(=O)N(CC=C)c3c(C)cccc3C)C23CC[C@]1(C)S3. The molecule has 1 N–H and O–H groups in total. The molecule has 4 rings (SSSR count). The van der Waals surface area contributed by atoms with Gasteiger partial charge in [-0.3, -0.25) is 14.4 Å². The number of aliphatic hydroxyl groups excluding tert-OH is 1. The van der Waals surface area contributed by atoms with Crippen molar-refractivity contribution < 1.29 is 24.2 Å². The number of ether oxygens (including phenoxy) is 1. The molecule has 2 bridgehead atoms. The van der Waals surface area contributed by atoms with E-state index in [0.29, 0.717) is 25.7 Å². The third-order valence-corrected chi connectivity index (χ3v) is 10.8. The number of aryl methyl sites for hydroxylation is 2. The van der Waals surface area contributed by atoms with Crippen LogP contribution in [-0.4, -0.2) is 69.1 Å². The summed E-state index contributed by atoms with van der Waals surface area (Å²) in [5.74, 6) is -2.09. The van der Waals surface area contributed by atoms with E-state index in [1.54, 1.807) is 33.7 Å². The van der Waals surface area contributed by atoms with Gasteiger partial charge in [-0.15, -0.1) is 24.9 Å². The minimum Gasteiger partial charge on any atom is -0.465 e. The Labute approximate surface area is 236 Å². The van der Waals surface area contributed by atoms with E-state index in [1.165, 1.54) is 0 Å². The summed E-state index contributed by atoms with van der Waals surface area (Å²) in [6.07, 6.45) is 6.77. The molecule has 3 heterocycles. The van der Waals surface area contributed by atoms with Crippen molar-refractivity contribution in [1.82, 2.24) is 4.90 Å². The van der Waals surface area contributed by atoms with Gasteiger partial charge < -0.3 is 19.6 Å². The number of aliphatic hydroxyl groups is 1. The maximum absolute atomic E-state index is 14.7. The maximum atomic E-state index is 14.7. The molecule has 1 aromatic carbocycles. The molecule has 3 saturated heterocycles. The Balaban J connectivity index is 1.80. The molecular weight excluding hydrogens is 512 g/mol. The van der Waals surface area contributed by atoms with Crippen LogP contribution >= 0.6 is 11.8 Å². The van der Waals surface area contributed by atoms with Crippen LogP contribution in [0.2, 0.25) is 0 Å². The van der Waals surface area contributed by atoms with Crippen LogP contribution in [0.25, 0.3) is 0 Å². The summed E-state index contributed by atoms with van der Waals surface area (Å²) in [5, 5.41) is 10.3. The average molecular weight is 555 g/mol. The highest BCUT2D eigenvalue weighted by Crippen LogP contribution is 2.72. The predicted molar refractivity (Wildman–Crippen MR) is 156 cm³/mol. The molecule has 3 aliphatic rings. The number of carbonyl (C=O) groups excluding carboxylic acids is 3. The number of thioether (sulfide) groups is 1. The standard InChI is InChI=1S/C31H42N2O5S/c1-7-10-11-18-38-29(37)24-23-27(35)33(22(9-3)19-34)26(31(23)16-15-30(24,6)39-31)28(36)32(17-8-2)25-20(4)13-12-14-21(25)5/h7-8,12-14,22-24,26,34H,1-2,9-11,15-19H2,3-6H3/t22-,23-,24+,26?,30-,31?/m0/s1. The number of carbonyl (C=O) groups is 3. The largest absolute Gasteiger partial charge is 0.465 e. The topological polar surface area (TPSA) is 87.1 Å². The van der Waals surface area contributed by atoms with E-state index in [2.05, 4.69) is 13.2 Å². The number of hydrogen-bond acceptors (Lipinski definition) is 6. The summed E-state index contributed by atoms with van der Waals surface area (Å²) in [7, 11) is 0. The van der Waals surface area contributed by atoms with Crippen LogP contribution in [0.3, 0.4) is 0 Å². The quantitative estimate of drug-likeness (QED) is 0.231. The van der Waals surface area contributed by atoms with Gasteiger partial charge in [-0.1, -0.05) is 37.3 Å². The third kappa shape index (κ3) is 4.73. The summed E-state index contributed by atoms with van der Waals surface area (Å²) < 4.78 is 4.43. The Morgan fingerprint density at radius 2 is 1.95 bits per heavy atom. The van der Waals surface area contributed by atoms with Gasteiger partial charge in [0.2, 0.25) is 5.91 Å². The lowest BCUT2D eigenvalue weighted by Gasteiger charge is -2.40. The van der Waals surface area contributed by atoms with E-state index in [9.17, 15) is 19.5 Å². The number of esters is 1. The summed E-state index contributed by atoms with van der Waals surface area (Å²) >= 11 is 1.62. The van der Waals surface area contributed by atoms with E-state index >= 15 is 0 Å². The normalized spacial score (nSPS) is 29.7. The van der Waals surface area contributed by atoms with Gasteiger partial charge in [-0.05, 0) is 64.0 Å². The van der Waals surface area contributed by atoms with Crippen LogP contribution in [-0.2, 0) is 19.1 Å². The highest BCUT2D eigenvalue weighted by atomic mass is 32.2. The fourth-order valence-corrected chi connectivity index (χ4v) is 9.42. The van der Waals surface area contributed by atoms with Gasteiger partial charge in [0.05, 0.1) is 35.8 Å². The number of nitrogens with zero attached hydrogens (tertiary/aromatic N) is 2. The fourth-order valence-electron chi connectivity index (χ4n) is 7.10. The minimum atomic E-state index is -0.809. The van der Waals surface area contributed by atoms with Gasteiger partial charge in [-0.2, -0.15) is 0 Å². The van der Waals surface area contributed by atoms with Crippen molar-refractivity contribution in [1.29, 1.82) is 0 Å². The third-order valence-electron chi connectivity index (χ3n) is 8.86. The van der Waals surface area contributed by atoms with Gasteiger partial charge in [0, 0.05) is 17.0 Å². The van der Waals surface area contributed by atoms with Gasteiger partial charge in [0.15, 0.2) is 0 Å². The lowest BCUT2D eigenvalue weighted by atomic mass is 9.66. The molecule has 39 heavy (non-hydrogen) atoms. The number of fused-ring (bicyclic) bond motifs is 1. The number of likely N-dealkylation sites (tertiary alicyclic amines) is 1. The van der Waals surface area contributed by atoms with E-state index in [1.807, 2.05) is 45.9 Å². The molecule has 2 amide bonds. The van der Waals surface area contributed by atoms with Crippen molar-refractivity contribution in [3.63, 3.8) is 0 Å². The fraction of sp³-hybridized carbons (Fsp3) is 0.581. The summed E-state index contributed by atoms with van der Waals surface area (Å²) in [6, 6.07) is 4.58.